The number of nitrogens with zero attached hydrogens (tertiary/aromatic N) is 5. The maximum absolute atomic E-state index is 13.8. The van der Waals surface area contributed by atoms with Gasteiger partial charge < -0.3 is 14.7 Å². The zero-order chi connectivity index (χ0) is 27.9. The molecule has 0 radical (unpaired) electrons. The van der Waals surface area contributed by atoms with Gasteiger partial charge >= 0.3 is 0 Å². The summed E-state index contributed by atoms with van der Waals surface area (Å²) < 4.78 is 27.3. The first-order valence-electron chi connectivity index (χ1n) is 13.2. The molecule has 4 aromatic rings. The summed E-state index contributed by atoms with van der Waals surface area (Å²) in [4.78, 5) is 31.9. The van der Waals surface area contributed by atoms with Gasteiger partial charge in [-0.2, -0.15) is 0 Å². The molecule has 9 heteroatoms. The number of carbonyl (C=O) groups is 2. The van der Waals surface area contributed by atoms with Crippen molar-refractivity contribution in [2.75, 3.05) is 37.6 Å². The Kier molecular flexibility index (Phi) is 8.39. The molecular weight excluding hydrogens is 512 g/mol. The monoisotopic (exact) mass is 541 g/mol. The number of aromatic nitrogens is 2. The van der Waals surface area contributed by atoms with Crippen LogP contribution in [0.3, 0.4) is 0 Å². The second kappa shape index (κ2) is 12.5. The number of amides is 2. The van der Waals surface area contributed by atoms with E-state index in [0.717, 1.165) is 29.6 Å². The quantitative estimate of drug-likeness (QED) is 0.336. The molecule has 0 bridgehead atoms. The Hall–Kier alpha value is -4.66. The van der Waals surface area contributed by atoms with Gasteiger partial charge in [-0.25, -0.2) is 8.78 Å². The summed E-state index contributed by atoms with van der Waals surface area (Å²) in [6.45, 7) is 2.18. The van der Waals surface area contributed by atoms with Crippen LogP contribution in [-0.2, 0) is 11.3 Å². The van der Waals surface area contributed by atoms with Crippen LogP contribution in [0.1, 0.15) is 22.3 Å². The van der Waals surface area contributed by atoms with Gasteiger partial charge in [-0.15, -0.1) is 10.2 Å². The molecule has 0 unspecified atom stereocenters. The lowest BCUT2D eigenvalue weighted by Crippen LogP contribution is -2.44. The molecule has 3 aromatic carbocycles. The van der Waals surface area contributed by atoms with Gasteiger partial charge in [0.25, 0.3) is 5.91 Å². The SMILES string of the molecule is O=C(CN(Cc1ccc(F)cc1)C(=O)c1cccc(F)c1)N1CCCN(c2ccc(-c3ccccc3)nn2)CC1. The van der Waals surface area contributed by atoms with Crippen molar-refractivity contribution in [1.82, 2.24) is 20.0 Å². The summed E-state index contributed by atoms with van der Waals surface area (Å²) in [6.07, 6.45) is 0.726. The third-order valence-electron chi connectivity index (χ3n) is 6.86. The van der Waals surface area contributed by atoms with Gasteiger partial charge in [-0.3, -0.25) is 9.59 Å². The maximum Gasteiger partial charge on any atom is 0.254 e. The Morgan fingerprint density at radius 1 is 0.775 bits per heavy atom. The minimum atomic E-state index is -0.536. The number of rotatable bonds is 7. The number of benzene rings is 3. The van der Waals surface area contributed by atoms with E-state index in [0.29, 0.717) is 31.7 Å². The molecular formula is C31H29F2N5O2. The lowest BCUT2D eigenvalue weighted by atomic mass is 10.1. The Balaban J connectivity index is 1.26. The Morgan fingerprint density at radius 3 is 2.30 bits per heavy atom. The van der Waals surface area contributed by atoms with E-state index in [1.54, 1.807) is 17.0 Å². The number of carbonyl (C=O) groups excluding carboxylic acids is 2. The first kappa shape index (κ1) is 26.9. The lowest BCUT2D eigenvalue weighted by Gasteiger charge is -2.27. The normalized spacial score (nSPS) is 13.6. The fourth-order valence-electron chi connectivity index (χ4n) is 4.73. The highest BCUT2D eigenvalue weighted by molar-refractivity contribution is 5.96. The average molecular weight is 542 g/mol. The van der Waals surface area contributed by atoms with Gasteiger partial charge in [0.15, 0.2) is 5.82 Å². The van der Waals surface area contributed by atoms with Crippen molar-refractivity contribution in [2.24, 2.45) is 0 Å². The summed E-state index contributed by atoms with van der Waals surface area (Å²) >= 11 is 0. The molecule has 2 heterocycles. The molecule has 1 aromatic heterocycles. The van der Waals surface area contributed by atoms with E-state index in [9.17, 15) is 18.4 Å². The van der Waals surface area contributed by atoms with Gasteiger partial charge in [0.05, 0.1) is 5.69 Å². The Labute approximate surface area is 231 Å². The van der Waals surface area contributed by atoms with Crippen LogP contribution in [0.4, 0.5) is 14.6 Å². The van der Waals surface area contributed by atoms with Crippen LogP contribution in [0, 0.1) is 11.6 Å². The molecule has 40 heavy (non-hydrogen) atoms. The third-order valence-corrected chi connectivity index (χ3v) is 6.86. The van der Waals surface area contributed by atoms with Crippen molar-refractivity contribution in [1.29, 1.82) is 0 Å². The molecule has 0 atom stereocenters. The molecule has 1 aliphatic heterocycles. The fourth-order valence-corrected chi connectivity index (χ4v) is 4.73. The van der Waals surface area contributed by atoms with Crippen LogP contribution < -0.4 is 4.90 Å². The van der Waals surface area contributed by atoms with E-state index in [4.69, 9.17) is 0 Å². The molecule has 204 valence electrons. The predicted molar refractivity (Wildman–Crippen MR) is 148 cm³/mol. The molecule has 0 saturated carbocycles. The van der Waals surface area contributed by atoms with Gasteiger partial charge in [0.1, 0.15) is 18.2 Å². The molecule has 1 saturated heterocycles. The first-order chi connectivity index (χ1) is 19.5. The van der Waals surface area contributed by atoms with Crippen molar-refractivity contribution in [3.63, 3.8) is 0 Å². The van der Waals surface area contributed by atoms with Crippen LogP contribution in [0.25, 0.3) is 11.3 Å². The third kappa shape index (κ3) is 6.66. The van der Waals surface area contributed by atoms with Crippen LogP contribution in [0.15, 0.2) is 91.0 Å². The smallest absolute Gasteiger partial charge is 0.254 e. The van der Waals surface area contributed by atoms with Gasteiger partial charge in [0.2, 0.25) is 5.91 Å². The molecule has 0 aliphatic carbocycles. The van der Waals surface area contributed by atoms with E-state index in [2.05, 4.69) is 15.1 Å². The standard InChI is InChI=1S/C31H29F2N5O2/c32-26-12-10-23(11-13-26)21-38(31(40)25-8-4-9-27(33)20-25)22-30(39)37-17-5-16-36(18-19-37)29-15-14-28(34-35-29)24-6-2-1-3-7-24/h1-4,6-15,20H,5,16-19,21-22H2. The minimum Gasteiger partial charge on any atom is -0.353 e. The van der Waals surface area contributed by atoms with Crippen LogP contribution in [0.2, 0.25) is 0 Å². The zero-order valence-electron chi connectivity index (χ0n) is 21.9. The first-order valence-corrected chi connectivity index (χ1v) is 13.2. The molecule has 2 amide bonds. The van der Waals surface area contributed by atoms with Crippen LogP contribution in [-0.4, -0.2) is 64.5 Å². The summed E-state index contributed by atoms with van der Waals surface area (Å²) in [6, 6.07) is 24.8. The van der Waals surface area contributed by atoms with Gasteiger partial charge in [-0.1, -0.05) is 48.5 Å². The summed E-state index contributed by atoms with van der Waals surface area (Å²) in [5, 5.41) is 8.80. The van der Waals surface area contributed by atoms with Crippen molar-refractivity contribution >= 4 is 17.6 Å². The molecule has 5 rings (SSSR count). The molecule has 1 aliphatic rings. The maximum atomic E-state index is 13.8. The Bertz CT molecular complexity index is 1450. The second-order valence-electron chi connectivity index (χ2n) is 9.66. The zero-order valence-corrected chi connectivity index (χ0v) is 21.9. The predicted octanol–water partition coefficient (Wildman–Crippen LogP) is 4.80. The van der Waals surface area contributed by atoms with E-state index < -0.39 is 17.5 Å². The van der Waals surface area contributed by atoms with Gasteiger partial charge in [0, 0.05) is 43.9 Å². The lowest BCUT2D eigenvalue weighted by molar-refractivity contribution is -0.131. The van der Waals surface area contributed by atoms with E-state index >= 15 is 0 Å². The van der Waals surface area contributed by atoms with Crippen LogP contribution >= 0.6 is 0 Å². The number of hydrogen-bond donors (Lipinski definition) is 0. The molecule has 7 nitrogen and oxygen atoms in total. The summed E-state index contributed by atoms with van der Waals surface area (Å²) in [5.41, 5.74) is 2.60. The van der Waals surface area contributed by atoms with Crippen molar-refractivity contribution in [2.45, 2.75) is 13.0 Å². The topological polar surface area (TPSA) is 69.6 Å². The fraction of sp³-hybridized carbons (Fsp3) is 0.226. The van der Waals surface area contributed by atoms with Crippen molar-refractivity contribution in [3.8, 4) is 11.3 Å². The minimum absolute atomic E-state index is 0.0880. The largest absolute Gasteiger partial charge is 0.353 e. The average Bonchev–Trinajstić information content (AvgIpc) is 3.25. The Morgan fingerprint density at radius 2 is 1.57 bits per heavy atom. The number of halogens is 2. The van der Waals surface area contributed by atoms with E-state index in [1.807, 2.05) is 42.5 Å². The van der Waals surface area contributed by atoms with E-state index in [1.165, 1.54) is 35.2 Å². The molecule has 1 fully saturated rings. The highest BCUT2D eigenvalue weighted by Crippen LogP contribution is 2.20. The highest BCUT2D eigenvalue weighted by Gasteiger charge is 2.25. The second-order valence-corrected chi connectivity index (χ2v) is 9.66. The number of hydrogen-bond acceptors (Lipinski definition) is 5. The van der Waals surface area contributed by atoms with Crippen molar-refractivity contribution in [3.05, 3.63) is 114 Å². The van der Waals surface area contributed by atoms with E-state index in [-0.39, 0.29) is 24.6 Å². The van der Waals surface area contributed by atoms with Crippen molar-refractivity contribution < 1.29 is 18.4 Å². The number of anilines is 1. The summed E-state index contributed by atoms with van der Waals surface area (Å²) in [5.74, 6) is -0.863. The van der Waals surface area contributed by atoms with Crippen LogP contribution in [0.5, 0.6) is 0 Å². The molecule has 0 spiro atoms. The molecule has 0 N–H and O–H groups in total. The summed E-state index contributed by atoms with van der Waals surface area (Å²) in [7, 11) is 0. The highest BCUT2D eigenvalue weighted by atomic mass is 19.1. The van der Waals surface area contributed by atoms with Gasteiger partial charge in [-0.05, 0) is 54.4 Å².